The third-order valence-corrected chi connectivity index (χ3v) is 6.58. The van der Waals surface area contributed by atoms with E-state index in [-0.39, 0.29) is 17.0 Å². The molecule has 0 unspecified atom stereocenters. The maximum absolute atomic E-state index is 13.5. The Morgan fingerprint density at radius 1 is 1.14 bits per heavy atom. The summed E-state index contributed by atoms with van der Waals surface area (Å²) >= 11 is 0. The number of hydrogen-bond donors (Lipinski definition) is 2. The number of pyridine rings is 2. The number of fused-ring (bicyclic) bond motifs is 2. The first kappa shape index (κ1) is 23.8. The van der Waals surface area contributed by atoms with E-state index in [1.54, 1.807) is 16.9 Å². The van der Waals surface area contributed by atoms with Gasteiger partial charge in [-0.1, -0.05) is 26.8 Å². The number of aromatic nitrogens is 4. The second-order valence-electron chi connectivity index (χ2n) is 10.6. The molecule has 2 N–H and O–H groups in total. The van der Waals surface area contributed by atoms with Crippen molar-refractivity contribution in [3.8, 4) is 11.8 Å². The van der Waals surface area contributed by atoms with Gasteiger partial charge in [0.2, 0.25) is 0 Å². The largest absolute Gasteiger partial charge is 0.339 e. The molecule has 8 nitrogen and oxygen atoms in total. The Morgan fingerprint density at radius 2 is 1.94 bits per heavy atom. The number of hydrogen-bond acceptors (Lipinski definition) is 6. The second kappa shape index (κ2) is 8.92. The Morgan fingerprint density at radius 3 is 2.67 bits per heavy atom. The lowest BCUT2D eigenvalue weighted by Gasteiger charge is -2.20. The highest BCUT2D eigenvalue weighted by Crippen LogP contribution is 2.28. The SMILES string of the molecule is CC(C)n1c(=O)c2cc(C#N)c(Nc3ccc4c(c3)CCNC4)nc2n1-c1ccnc(C(C)(C)C)c1. The smallest absolute Gasteiger partial charge is 0.276 e. The molecule has 1 aliphatic rings. The van der Waals surface area contributed by atoms with Crippen molar-refractivity contribution in [3.05, 3.63) is 75.3 Å². The Labute approximate surface area is 210 Å². The minimum atomic E-state index is -0.175. The normalized spacial score (nSPS) is 13.6. The van der Waals surface area contributed by atoms with Crippen LogP contribution in [0.5, 0.6) is 0 Å². The standard InChI is InChI=1S/C28H31N7O/c1-17(2)34-27(36)23-13-20(15-29)25(32-21-7-6-19-16-30-10-8-18(19)12-21)33-26(23)35(34)22-9-11-31-24(14-22)28(3,4)5/h6-7,9,11-14,17,30H,8,10,16H2,1-5H3,(H,32,33). The lowest BCUT2D eigenvalue weighted by atomic mass is 9.91. The number of rotatable bonds is 4. The second-order valence-corrected chi connectivity index (χ2v) is 10.6. The average molecular weight is 482 g/mol. The van der Waals surface area contributed by atoms with Crippen LogP contribution in [-0.2, 0) is 18.4 Å². The van der Waals surface area contributed by atoms with Gasteiger partial charge in [-0.3, -0.25) is 9.78 Å². The zero-order chi connectivity index (χ0) is 25.6. The molecule has 0 amide bonds. The van der Waals surface area contributed by atoms with E-state index in [0.717, 1.165) is 36.6 Å². The lowest BCUT2D eigenvalue weighted by Crippen LogP contribution is -2.24. The van der Waals surface area contributed by atoms with E-state index in [1.165, 1.54) is 11.1 Å². The summed E-state index contributed by atoms with van der Waals surface area (Å²) in [5.41, 5.74) is 5.67. The van der Waals surface area contributed by atoms with Crippen molar-refractivity contribution in [1.82, 2.24) is 24.6 Å². The van der Waals surface area contributed by atoms with E-state index in [4.69, 9.17) is 4.98 Å². The van der Waals surface area contributed by atoms with Gasteiger partial charge in [-0.15, -0.1) is 0 Å². The van der Waals surface area contributed by atoms with Crippen LogP contribution in [0.25, 0.3) is 16.7 Å². The summed E-state index contributed by atoms with van der Waals surface area (Å²) in [6, 6.07) is 13.9. The van der Waals surface area contributed by atoms with Crippen LogP contribution in [0.1, 0.15) is 63.0 Å². The van der Waals surface area contributed by atoms with E-state index in [1.807, 2.05) is 36.7 Å². The first-order valence-electron chi connectivity index (χ1n) is 12.3. The Bertz CT molecular complexity index is 1560. The third-order valence-electron chi connectivity index (χ3n) is 6.58. The highest BCUT2D eigenvalue weighted by molar-refractivity contribution is 5.82. The number of nitriles is 1. The van der Waals surface area contributed by atoms with Crippen LogP contribution in [0.4, 0.5) is 11.5 Å². The molecule has 0 aliphatic carbocycles. The molecule has 0 spiro atoms. The van der Waals surface area contributed by atoms with Crippen molar-refractivity contribution >= 4 is 22.5 Å². The molecule has 184 valence electrons. The fraction of sp³-hybridized carbons (Fsp3) is 0.357. The van der Waals surface area contributed by atoms with Crippen LogP contribution in [0.3, 0.4) is 0 Å². The van der Waals surface area contributed by atoms with Crippen molar-refractivity contribution < 1.29 is 0 Å². The quantitative estimate of drug-likeness (QED) is 0.437. The summed E-state index contributed by atoms with van der Waals surface area (Å²) in [7, 11) is 0. The van der Waals surface area contributed by atoms with Gasteiger partial charge in [0.25, 0.3) is 5.56 Å². The van der Waals surface area contributed by atoms with E-state index >= 15 is 0 Å². The zero-order valence-corrected chi connectivity index (χ0v) is 21.4. The van der Waals surface area contributed by atoms with Crippen molar-refractivity contribution in [3.63, 3.8) is 0 Å². The summed E-state index contributed by atoms with van der Waals surface area (Å²) in [6.07, 6.45) is 2.72. The number of benzene rings is 1. The van der Waals surface area contributed by atoms with Crippen LogP contribution in [0, 0.1) is 11.3 Å². The van der Waals surface area contributed by atoms with Gasteiger partial charge >= 0.3 is 0 Å². The molecule has 4 heterocycles. The Balaban J connectivity index is 1.70. The molecule has 4 aromatic rings. The molecule has 0 bridgehead atoms. The fourth-order valence-corrected chi connectivity index (χ4v) is 4.68. The molecule has 3 aromatic heterocycles. The summed E-state index contributed by atoms with van der Waals surface area (Å²) in [5, 5.41) is 17.1. The van der Waals surface area contributed by atoms with Gasteiger partial charge in [-0.25, -0.2) is 14.3 Å². The molecule has 8 heteroatoms. The van der Waals surface area contributed by atoms with E-state index in [0.29, 0.717) is 22.4 Å². The zero-order valence-electron chi connectivity index (χ0n) is 21.4. The molecule has 1 aromatic carbocycles. The highest BCUT2D eigenvalue weighted by Gasteiger charge is 2.23. The lowest BCUT2D eigenvalue weighted by molar-refractivity contribution is 0.474. The van der Waals surface area contributed by atoms with Gasteiger partial charge in [-0.05, 0) is 68.3 Å². The van der Waals surface area contributed by atoms with Gasteiger partial charge in [0.15, 0.2) is 11.5 Å². The maximum atomic E-state index is 13.5. The van der Waals surface area contributed by atoms with Crippen LogP contribution >= 0.6 is 0 Å². The predicted molar refractivity (Wildman–Crippen MR) is 142 cm³/mol. The van der Waals surface area contributed by atoms with Gasteiger partial charge in [-0.2, -0.15) is 5.26 Å². The third kappa shape index (κ3) is 4.16. The topological polar surface area (TPSA) is 101 Å². The maximum Gasteiger partial charge on any atom is 0.276 e. The van der Waals surface area contributed by atoms with Crippen molar-refractivity contribution in [1.29, 1.82) is 5.26 Å². The van der Waals surface area contributed by atoms with Crippen molar-refractivity contribution in [2.75, 3.05) is 11.9 Å². The van der Waals surface area contributed by atoms with Crippen molar-refractivity contribution in [2.45, 2.75) is 59.0 Å². The predicted octanol–water partition coefficient (Wildman–Crippen LogP) is 4.72. The summed E-state index contributed by atoms with van der Waals surface area (Å²) in [6.45, 7) is 12.1. The van der Waals surface area contributed by atoms with Crippen LogP contribution in [-0.4, -0.2) is 25.9 Å². The molecule has 0 saturated heterocycles. The Kier molecular flexibility index (Phi) is 5.89. The molecular formula is C28H31N7O. The van der Waals surface area contributed by atoms with E-state index in [2.05, 4.69) is 54.6 Å². The molecule has 0 atom stereocenters. The van der Waals surface area contributed by atoms with E-state index in [9.17, 15) is 10.1 Å². The highest BCUT2D eigenvalue weighted by atomic mass is 16.1. The van der Waals surface area contributed by atoms with E-state index < -0.39 is 0 Å². The first-order valence-corrected chi connectivity index (χ1v) is 12.3. The molecule has 0 radical (unpaired) electrons. The molecular weight excluding hydrogens is 450 g/mol. The van der Waals surface area contributed by atoms with Gasteiger partial charge in [0.1, 0.15) is 6.07 Å². The van der Waals surface area contributed by atoms with Crippen LogP contribution in [0.15, 0.2) is 47.4 Å². The minimum Gasteiger partial charge on any atom is -0.339 e. The average Bonchev–Trinajstić information content (AvgIpc) is 3.14. The summed E-state index contributed by atoms with van der Waals surface area (Å²) in [5.74, 6) is 0.429. The van der Waals surface area contributed by atoms with Crippen LogP contribution < -0.4 is 16.2 Å². The number of nitrogens with one attached hydrogen (secondary N) is 2. The molecule has 5 rings (SSSR count). The summed E-state index contributed by atoms with van der Waals surface area (Å²) < 4.78 is 3.54. The molecule has 0 fully saturated rings. The monoisotopic (exact) mass is 481 g/mol. The fourth-order valence-electron chi connectivity index (χ4n) is 4.68. The first-order chi connectivity index (χ1) is 17.2. The number of nitrogens with zero attached hydrogens (tertiary/aromatic N) is 5. The van der Waals surface area contributed by atoms with Crippen LogP contribution in [0.2, 0.25) is 0 Å². The molecule has 36 heavy (non-hydrogen) atoms. The Hall–Kier alpha value is -3.96. The van der Waals surface area contributed by atoms with Gasteiger partial charge in [0.05, 0.1) is 16.6 Å². The minimum absolute atomic E-state index is 0.117. The molecule has 0 saturated carbocycles. The van der Waals surface area contributed by atoms with Crippen molar-refractivity contribution in [2.24, 2.45) is 0 Å². The molecule has 1 aliphatic heterocycles. The summed E-state index contributed by atoms with van der Waals surface area (Å²) in [4.78, 5) is 22.9. The van der Waals surface area contributed by atoms with Gasteiger partial charge < -0.3 is 10.6 Å². The number of anilines is 2. The van der Waals surface area contributed by atoms with Gasteiger partial charge in [0, 0.05) is 35.6 Å².